The van der Waals surface area contributed by atoms with Gasteiger partial charge in [-0.15, -0.1) is 0 Å². The minimum absolute atomic E-state index is 0.135. The Morgan fingerprint density at radius 2 is 2.04 bits per heavy atom. The molecule has 3 aromatic rings. The van der Waals surface area contributed by atoms with Crippen LogP contribution in [0.25, 0.3) is 22.2 Å². The number of fused-ring (bicyclic) bond motifs is 1. The van der Waals surface area contributed by atoms with Crippen LogP contribution in [0.4, 0.5) is 5.88 Å². The predicted octanol–water partition coefficient (Wildman–Crippen LogP) is 3.58. The van der Waals surface area contributed by atoms with Gasteiger partial charge in [0.25, 0.3) is 0 Å². The normalized spacial score (nSPS) is 10.8. The van der Waals surface area contributed by atoms with E-state index in [9.17, 15) is 4.79 Å². The van der Waals surface area contributed by atoms with Gasteiger partial charge in [0.05, 0.1) is 23.1 Å². The van der Waals surface area contributed by atoms with E-state index in [2.05, 4.69) is 4.98 Å². The highest BCUT2D eigenvalue weighted by Gasteiger charge is 2.18. The van der Waals surface area contributed by atoms with Crippen LogP contribution < -0.4 is 15.1 Å². The van der Waals surface area contributed by atoms with E-state index in [1.165, 1.54) is 6.07 Å². The maximum atomic E-state index is 12.3. The lowest BCUT2D eigenvalue weighted by atomic mass is 10.1. The molecule has 118 valence electrons. The molecule has 0 aliphatic rings. The molecule has 23 heavy (non-hydrogen) atoms. The Labute approximate surface area is 138 Å². The average Bonchev–Trinajstić information content (AvgIpc) is 2.54. The number of hydrogen-bond donors (Lipinski definition) is 0. The Bertz CT molecular complexity index is 935. The van der Waals surface area contributed by atoms with E-state index in [4.69, 9.17) is 20.8 Å². The number of pyridine rings is 1. The molecule has 0 fully saturated rings. The zero-order chi connectivity index (χ0) is 16.6. The second kappa shape index (κ2) is 5.93. The number of methoxy groups -OCH3 is 1. The molecule has 0 aliphatic carbocycles. The summed E-state index contributed by atoms with van der Waals surface area (Å²) in [5.74, 6) is 1.01. The summed E-state index contributed by atoms with van der Waals surface area (Å²) in [4.78, 5) is 18.4. The zero-order valence-corrected chi connectivity index (χ0v) is 13.7. The number of anilines is 1. The van der Waals surface area contributed by atoms with Gasteiger partial charge in [-0.1, -0.05) is 17.7 Å². The highest BCUT2D eigenvalue weighted by atomic mass is 35.5. The third-order valence-electron chi connectivity index (χ3n) is 3.50. The molecule has 0 saturated heterocycles. The molecular formula is C17H15ClN2O3. The minimum atomic E-state index is -0.135. The van der Waals surface area contributed by atoms with Crippen molar-refractivity contribution >= 4 is 28.5 Å². The van der Waals surface area contributed by atoms with Gasteiger partial charge in [-0.3, -0.25) is 9.78 Å². The number of rotatable bonds is 3. The van der Waals surface area contributed by atoms with Gasteiger partial charge in [0.2, 0.25) is 0 Å². The Morgan fingerprint density at radius 1 is 1.26 bits per heavy atom. The summed E-state index contributed by atoms with van der Waals surface area (Å²) >= 11 is 6.33. The average molecular weight is 331 g/mol. The zero-order valence-electron chi connectivity index (χ0n) is 13.0. The second-order valence-corrected chi connectivity index (χ2v) is 5.60. The number of benzene rings is 1. The van der Waals surface area contributed by atoms with Crippen molar-refractivity contribution in [3.05, 3.63) is 51.8 Å². The first-order valence-electron chi connectivity index (χ1n) is 6.96. The standard InChI is InChI=1S/C17H15ClN2O3/c1-20(2)14-9-12(21)10-7-8-19-16(17(10)23-14)15-11(18)5-4-6-13(15)22-3/h4-9H,1-3H3. The molecule has 0 atom stereocenters. The summed E-state index contributed by atoms with van der Waals surface area (Å²) in [6, 6.07) is 8.41. The molecule has 3 rings (SSSR count). The number of hydrogen-bond acceptors (Lipinski definition) is 5. The van der Waals surface area contributed by atoms with E-state index in [1.54, 1.807) is 56.6 Å². The van der Waals surface area contributed by atoms with E-state index in [0.717, 1.165) is 0 Å². The van der Waals surface area contributed by atoms with Crippen LogP contribution in [0.5, 0.6) is 5.75 Å². The van der Waals surface area contributed by atoms with Crippen LogP contribution in [0.1, 0.15) is 0 Å². The van der Waals surface area contributed by atoms with E-state index in [0.29, 0.717) is 38.9 Å². The van der Waals surface area contributed by atoms with Crippen LogP contribution in [0.3, 0.4) is 0 Å². The summed E-state index contributed by atoms with van der Waals surface area (Å²) in [7, 11) is 5.16. The van der Waals surface area contributed by atoms with Crippen molar-refractivity contribution in [3.8, 4) is 17.0 Å². The van der Waals surface area contributed by atoms with Crippen molar-refractivity contribution in [1.82, 2.24) is 4.98 Å². The molecule has 2 heterocycles. The van der Waals surface area contributed by atoms with Gasteiger partial charge in [0, 0.05) is 26.4 Å². The Balaban J connectivity index is 2.42. The van der Waals surface area contributed by atoms with Crippen LogP contribution in [-0.4, -0.2) is 26.2 Å². The second-order valence-electron chi connectivity index (χ2n) is 5.20. The molecular weight excluding hydrogens is 316 g/mol. The van der Waals surface area contributed by atoms with Crippen molar-refractivity contribution in [1.29, 1.82) is 0 Å². The van der Waals surface area contributed by atoms with Crippen LogP contribution in [0.15, 0.2) is 45.7 Å². The molecule has 0 amide bonds. The van der Waals surface area contributed by atoms with Crippen molar-refractivity contribution in [3.63, 3.8) is 0 Å². The smallest absolute Gasteiger partial charge is 0.199 e. The maximum absolute atomic E-state index is 12.3. The number of aromatic nitrogens is 1. The number of ether oxygens (including phenoxy) is 1. The summed E-state index contributed by atoms with van der Waals surface area (Å²) in [6.07, 6.45) is 1.56. The van der Waals surface area contributed by atoms with Gasteiger partial charge in [0.15, 0.2) is 16.9 Å². The lowest BCUT2D eigenvalue weighted by molar-refractivity contribution is 0.416. The third kappa shape index (κ3) is 2.64. The lowest BCUT2D eigenvalue weighted by Crippen LogP contribution is -2.12. The molecule has 0 saturated carbocycles. The molecule has 0 N–H and O–H groups in total. The quantitative estimate of drug-likeness (QED) is 0.734. The van der Waals surface area contributed by atoms with E-state index in [-0.39, 0.29) is 5.43 Å². The highest BCUT2D eigenvalue weighted by molar-refractivity contribution is 6.34. The van der Waals surface area contributed by atoms with Gasteiger partial charge >= 0.3 is 0 Å². The van der Waals surface area contributed by atoms with Crippen LogP contribution in [0.2, 0.25) is 5.02 Å². The molecule has 0 radical (unpaired) electrons. The molecule has 2 aromatic heterocycles. The molecule has 6 heteroatoms. The van der Waals surface area contributed by atoms with Gasteiger partial charge < -0.3 is 14.1 Å². The SMILES string of the molecule is COc1cccc(Cl)c1-c1nccc2c(=O)cc(N(C)C)oc12. The fourth-order valence-electron chi connectivity index (χ4n) is 2.37. The van der Waals surface area contributed by atoms with Gasteiger partial charge in [-0.2, -0.15) is 0 Å². The summed E-state index contributed by atoms with van der Waals surface area (Å²) in [6.45, 7) is 0. The lowest BCUT2D eigenvalue weighted by Gasteiger charge is -2.14. The van der Waals surface area contributed by atoms with Crippen LogP contribution >= 0.6 is 11.6 Å². The van der Waals surface area contributed by atoms with Crippen LogP contribution in [-0.2, 0) is 0 Å². The highest BCUT2D eigenvalue weighted by Crippen LogP contribution is 2.38. The molecule has 0 unspecified atom stereocenters. The first-order chi connectivity index (χ1) is 11.0. The summed E-state index contributed by atoms with van der Waals surface area (Å²) in [5.41, 5.74) is 1.33. The van der Waals surface area contributed by atoms with Crippen molar-refractivity contribution < 1.29 is 9.15 Å². The number of halogens is 1. The fourth-order valence-corrected chi connectivity index (χ4v) is 2.63. The van der Waals surface area contributed by atoms with Crippen LogP contribution in [0, 0.1) is 0 Å². The van der Waals surface area contributed by atoms with Gasteiger partial charge in [-0.25, -0.2) is 0 Å². The van der Waals surface area contributed by atoms with E-state index in [1.807, 2.05) is 0 Å². The molecule has 5 nitrogen and oxygen atoms in total. The Kier molecular flexibility index (Phi) is 3.96. The monoisotopic (exact) mass is 330 g/mol. The number of nitrogens with zero attached hydrogens (tertiary/aromatic N) is 2. The molecule has 0 bridgehead atoms. The predicted molar refractivity (Wildman–Crippen MR) is 91.6 cm³/mol. The molecule has 1 aromatic carbocycles. The van der Waals surface area contributed by atoms with Crippen molar-refractivity contribution in [2.24, 2.45) is 0 Å². The van der Waals surface area contributed by atoms with E-state index < -0.39 is 0 Å². The first-order valence-corrected chi connectivity index (χ1v) is 7.33. The largest absolute Gasteiger partial charge is 0.496 e. The van der Waals surface area contributed by atoms with Gasteiger partial charge in [0.1, 0.15) is 11.4 Å². The fraction of sp³-hybridized carbons (Fsp3) is 0.176. The Hall–Kier alpha value is -2.53. The Morgan fingerprint density at radius 3 is 2.74 bits per heavy atom. The van der Waals surface area contributed by atoms with Crippen molar-refractivity contribution in [2.45, 2.75) is 0 Å². The first kappa shape index (κ1) is 15.4. The maximum Gasteiger partial charge on any atom is 0.199 e. The molecule has 0 spiro atoms. The summed E-state index contributed by atoms with van der Waals surface area (Å²) < 4.78 is 11.3. The summed E-state index contributed by atoms with van der Waals surface area (Å²) in [5, 5.41) is 0.921. The minimum Gasteiger partial charge on any atom is -0.496 e. The third-order valence-corrected chi connectivity index (χ3v) is 3.82. The topological polar surface area (TPSA) is 55.6 Å². The van der Waals surface area contributed by atoms with Crippen molar-refractivity contribution in [2.75, 3.05) is 26.1 Å². The molecule has 0 aliphatic heterocycles. The van der Waals surface area contributed by atoms with E-state index >= 15 is 0 Å². The van der Waals surface area contributed by atoms with Gasteiger partial charge in [-0.05, 0) is 18.2 Å².